The Balaban J connectivity index is 1.26. The molecule has 0 spiro atoms. The first-order chi connectivity index (χ1) is 23.1. The van der Waals surface area contributed by atoms with Crippen molar-refractivity contribution in [3.63, 3.8) is 0 Å². The molecule has 3 heterocycles. The van der Waals surface area contributed by atoms with E-state index in [1.54, 1.807) is 25.7 Å². The van der Waals surface area contributed by atoms with E-state index in [1.165, 1.54) is 17.0 Å². The number of nitrogens with zero attached hydrogens (tertiary/aromatic N) is 2. The largest absolute Gasteiger partial charge is 0.399 e. The van der Waals surface area contributed by atoms with E-state index in [0.29, 0.717) is 24.4 Å². The number of fused-ring (bicyclic) bond motifs is 2. The average molecular weight is 712 g/mol. The van der Waals surface area contributed by atoms with Crippen LogP contribution in [0.1, 0.15) is 64.8 Å². The van der Waals surface area contributed by atoms with E-state index in [4.69, 9.17) is 14.5 Å². The molecule has 1 aromatic heterocycles. The van der Waals surface area contributed by atoms with Gasteiger partial charge >= 0.3 is 13.3 Å². The number of halogens is 2. The van der Waals surface area contributed by atoms with Crippen molar-refractivity contribution < 1.29 is 42.3 Å². The van der Waals surface area contributed by atoms with Crippen LogP contribution in [0.25, 0.3) is 10.1 Å². The van der Waals surface area contributed by atoms with Crippen LogP contribution in [0.15, 0.2) is 78.9 Å². The van der Waals surface area contributed by atoms with Gasteiger partial charge in [-0.05, 0) is 45.7 Å². The number of benzene rings is 3. The Morgan fingerprint density at radius 2 is 1.69 bits per heavy atom. The molecule has 0 radical (unpaired) electrons. The Morgan fingerprint density at radius 1 is 1.00 bits per heavy atom. The van der Waals surface area contributed by atoms with E-state index in [-0.39, 0.29) is 28.8 Å². The van der Waals surface area contributed by atoms with Crippen LogP contribution in [0.3, 0.4) is 0 Å². The van der Waals surface area contributed by atoms with Gasteiger partial charge in [-0.2, -0.15) is 8.78 Å². The zero-order valence-corrected chi connectivity index (χ0v) is 28.7. The summed E-state index contributed by atoms with van der Waals surface area (Å²) in [6.07, 6.45) is -0.318. The summed E-state index contributed by atoms with van der Waals surface area (Å²) >= 11 is 0.993. The molecule has 2 aliphatic heterocycles. The van der Waals surface area contributed by atoms with Gasteiger partial charge in [-0.25, -0.2) is 0 Å². The average Bonchev–Trinajstić information content (AvgIpc) is 3.68. The highest BCUT2D eigenvalue weighted by Crippen LogP contribution is 2.59. The van der Waals surface area contributed by atoms with Gasteiger partial charge < -0.3 is 29.6 Å². The van der Waals surface area contributed by atoms with Gasteiger partial charge in [0.1, 0.15) is 18.2 Å². The van der Waals surface area contributed by atoms with Crippen LogP contribution >= 0.6 is 18.9 Å². The first-order valence-corrected chi connectivity index (χ1v) is 18.1. The molecule has 1 fully saturated rings. The van der Waals surface area contributed by atoms with Crippen molar-refractivity contribution in [2.24, 2.45) is 5.41 Å². The fourth-order valence-corrected chi connectivity index (χ4v) is 7.70. The Bertz CT molecular complexity index is 1960. The second-order valence-corrected chi connectivity index (χ2v) is 16.1. The maximum atomic E-state index is 14.5. The lowest BCUT2D eigenvalue weighted by molar-refractivity contribution is -0.152. The molecular weight excluding hydrogens is 675 g/mol. The third-order valence-electron chi connectivity index (χ3n) is 8.91. The van der Waals surface area contributed by atoms with Gasteiger partial charge in [0.15, 0.2) is 0 Å². The molecule has 10 nitrogen and oxygen atoms in total. The number of rotatable bonds is 7. The Hall–Kier alpha value is -4.00. The van der Waals surface area contributed by atoms with Gasteiger partial charge in [0.25, 0.3) is 5.91 Å². The van der Waals surface area contributed by atoms with Gasteiger partial charge in [-0.3, -0.25) is 18.9 Å². The van der Waals surface area contributed by atoms with Crippen molar-refractivity contribution in [3.8, 4) is 0 Å². The number of nitrogens with one attached hydrogen (secondary N) is 1. The van der Waals surface area contributed by atoms with Gasteiger partial charge in [-0.15, -0.1) is 11.3 Å². The molecule has 0 saturated carbocycles. The number of alkyl halides is 2. The van der Waals surface area contributed by atoms with E-state index < -0.39 is 48.1 Å². The molecule has 258 valence electrons. The quantitative estimate of drug-likeness (QED) is 0.202. The van der Waals surface area contributed by atoms with Gasteiger partial charge in [0.05, 0.1) is 18.0 Å². The second-order valence-electron chi connectivity index (χ2n) is 13.3. The maximum Gasteiger partial charge on any atom is 0.399 e. The molecule has 14 heteroatoms. The van der Waals surface area contributed by atoms with E-state index in [2.05, 4.69) is 5.32 Å². The molecule has 2 unspecified atom stereocenters. The second kappa shape index (κ2) is 13.0. The summed E-state index contributed by atoms with van der Waals surface area (Å²) < 4.78 is 46.6. The van der Waals surface area contributed by atoms with Crippen LogP contribution in [0.5, 0.6) is 0 Å². The molecule has 49 heavy (non-hydrogen) atoms. The fourth-order valence-electron chi connectivity index (χ4n) is 6.28. The normalized spacial score (nSPS) is 19.1. The Kier molecular flexibility index (Phi) is 9.27. The lowest BCUT2D eigenvalue weighted by Crippen LogP contribution is -2.56. The fraction of sp³-hybridized carbons (Fsp3) is 0.343. The topological polar surface area (TPSA) is 136 Å². The van der Waals surface area contributed by atoms with Crippen molar-refractivity contribution in [2.75, 3.05) is 19.7 Å². The van der Waals surface area contributed by atoms with Crippen molar-refractivity contribution in [2.45, 2.75) is 51.2 Å². The van der Waals surface area contributed by atoms with Crippen LogP contribution in [0.2, 0.25) is 0 Å². The molecule has 4 aromatic rings. The van der Waals surface area contributed by atoms with Gasteiger partial charge in [0, 0.05) is 23.4 Å². The molecule has 3 amide bonds. The Labute approximate surface area is 285 Å². The summed E-state index contributed by atoms with van der Waals surface area (Å²) in [5.74, 6) is -1.32. The molecule has 0 bridgehead atoms. The summed E-state index contributed by atoms with van der Waals surface area (Å²) in [7, 11) is -5.79. The lowest BCUT2D eigenvalue weighted by atomic mass is 9.85. The summed E-state index contributed by atoms with van der Waals surface area (Å²) in [6, 6.07) is 19.5. The van der Waals surface area contributed by atoms with Crippen LogP contribution in [0, 0.1) is 5.41 Å². The molecule has 3 atom stereocenters. The highest BCUT2D eigenvalue weighted by molar-refractivity contribution is 7.52. The van der Waals surface area contributed by atoms with Crippen molar-refractivity contribution >= 4 is 46.7 Å². The number of morpholine rings is 1. The van der Waals surface area contributed by atoms with Crippen LogP contribution in [-0.4, -0.2) is 63.0 Å². The minimum Gasteiger partial charge on any atom is -0.370 e. The molecule has 3 N–H and O–H groups in total. The van der Waals surface area contributed by atoms with E-state index in [1.807, 2.05) is 54.6 Å². The third kappa shape index (κ3) is 6.78. The highest BCUT2D eigenvalue weighted by Gasteiger charge is 2.50. The molecule has 6 rings (SSSR count). The third-order valence-corrected chi connectivity index (χ3v) is 11.0. The van der Waals surface area contributed by atoms with Crippen molar-refractivity contribution in [1.29, 1.82) is 0 Å². The number of carbonyl (C=O) groups is 3. The van der Waals surface area contributed by atoms with Crippen molar-refractivity contribution in [1.82, 2.24) is 15.1 Å². The first kappa shape index (κ1) is 34.8. The summed E-state index contributed by atoms with van der Waals surface area (Å²) in [5, 5.41) is 3.03. The number of thiophene rings is 1. The van der Waals surface area contributed by atoms with Gasteiger partial charge in [0.2, 0.25) is 11.8 Å². The van der Waals surface area contributed by atoms with Crippen molar-refractivity contribution in [3.05, 3.63) is 106 Å². The molecule has 2 aliphatic rings. The zero-order chi connectivity index (χ0) is 35.3. The molecular formula is C35H36F2N3O7PS. The number of hydrogen-bond donors (Lipinski definition) is 3. The maximum absolute atomic E-state index is 14.5. The van der Waals surface area contributed by atoms with Crippen LogP contribution in [-0.2, 0) is 31.1 Å². The molecule has 3 aromatic carbocycles. The van der Waals surface area contributed by atoms with Crippen LogP contribution in [0.4, 0.5) is 8.78 Å². The standard InChI is InChI=1S/C35H36F2N3O7PS/c1-34(2,3)30(38-31(41)28-18-23-17-24(13-14-27(23)49-28)35(36,37)48(44,45)46)33(43)40-19-22-11-7-8-12-25(22)29(40)32(42)39-15-16-47-26(20-39)21-9-5-4-6-10-21/h4-14,17-18,26,29-30H,15-16,19-20H2,1-3H3,(H,38,41)(H2,44,45,46)/t26-,29?,30?/m0/s1. The minimum absolute atomic E-state index is 0.117. The van der Waals surface area contributed by atoms with Gasteiger partial charge in [-0.1, -0.05) is 81.4 Å². The zero-order valence-electron chi connectivity index (χ0n) is 27.0. The number of hydrogen-bond acceptors (Lipinski definition) is 6. The Morgan fingerprint density at radius 3 is 2.39 bits per heavy atom. The number of carbonyl (C=O) groups excluding carboxylic acids is 3. The summed E-state index contributed by atoms with van der Waals surface area (Å²) in [4.78, 5) is 64.1. The predicted molar refractivity (Wildman–Crippen MR) is 180 cm³/mol. The predicted octanol–water partition coefficient (Wildman–Crippen LogP) is 5.96. The first-order valence-electron chi connectivity index (χ1n) is 15.7. The van der Waals surface area contributed by atoms with E-state index in [0.717, 1.165) is 40.2 Å². The van der Waals surface area contributed by atoms with E-state index in [9.17, 15) is 27.7 Å². The SMILES string of the molecule is CC(C)(C)C(NC(=O)c1cc2cc(C(F)(F)P(=O)(O)O)ccc2s1)C(=O)N1Cc2ccccc2C1C(=O)N1CCO[C@H](c2ccccc2)C1. The monoisotopic (exact) mass is 711 g/mol. The lowest BCUT2D eigenvalue weighted by Gasteiger charge is -2.39. The smallest absolute Gasteiger partial charge is 0.370 e. The number of amides is 3. The summed E-state index contributed by atoms with van der Waals surface area (Å²) in [6.45, 7) is 6.56. The minimum atomic E-state index is -5.79. The van der Waals surface area contributed by atoms with Crippen LogP contribution < -0.4 is 5.32 Å². The van der Waals surface area contributed by atoms with E-state index >= 15 is 0 Å². The summed E-state index contributed by atoms with van der Waals surface area (Å²) in [5.41, 5.74) is -3.59. The molecule has 1 saturated heterocycles. The highest BCUT2D eigenvalue weighted by atomic mass is 32.1. The number of ether oxygens (including phenoxy) is 1. The molecule has 0 aliphatic carbocycles.